The van der Waals surface area contributed by atoms with Crippen molar-refractivity contribution in [1.82, 2.24) is 4.90 Å². The minimum absolute atomic E-state index is 0.0296. The van der Waals surface area contributed by atoms with Crippen molar-refractivity contribution >= 4 is 45.7 Å². The molecule has 5 heteroatoms. The second-order valence-corrected chi connectivity index (χ2v) is 6.73. The number of halogens is 1. The van der Waals surface area contributed by atoms with Crippen molar-refractivity contribution in [2.24, 2.45) is 5.92 Å². The number of carbonyl (C=O) groups excluding carboxylic acids is 2. The molecule has 1 aliphatic heterocycles. The van der Waals surface area contributed by atoms with E-state index < -0.39 is 0 Å². The minimum Gasteiger partial charge on any atom is -0.278 e. The quantitative estimate of drug-likeness (QED) is 0.608. The topological polar surface area (TPSA) is 37.4 Å². The Balaban J connectivity index is 2.14. The molecule has 1 aromatic rings. The molecule has 2 rings (SSSR count). The van der Waals surface area contributed by atoms with Crippen LogP contribution >= 0.6 is 33.9 Å². The summed E-state index contributed by atoms with van der Waals surface area (Å²) in [7, 11) is 0. The molecule has 1 saturated heterocycles. The van der Waals surface area contributed by atoms with Gasteiger partial charge in [-0.2, -0.15) is 0 Å². The van der Waals surface area contributed by atoms with Gasteiger partial charge in [-0.15, -0.1) is 11.3 Å². The van der Waals surface area contributed by atoms with Gasteiger partial charge in [-0.25, -0.2) is 0 Å². The number of rotatable bonds is 2. The normalized spacial score (nSPS) is 20.5. The first-order chi connectivity index (χ1) is 7.61. The van der Waals surface area contributed by atoms with E-state index in [0.29, 0.717) is 24.4 Å². The van der Waals surface area contributed by atoms with Crippen LogP contribution in [0.1, 0.15) is 30.1 Å². The molecule has 1 atom stereocenters. The molecular weight excluding hydrogens is 337 g/mol. The van der Waals surface area contributed by atoms with Crippen LogP contribution < -0.4 is 0 Å². The van der Waals surface area contributed by atoms with Gasteiger partial charge in [-0.1, -0.05) is 13.3 Å². The maximum Gasteiger partial charge on any atom is 0.261 e. The van der Waals surface area contributed by atoms with Gasteiger partial charge in [0.2, 0.25) is 5.91 Å². The van der Waals surface area contributed by atoms with E-state index in [1.165, 1.54) is 16.2 Å². The lowest BCUT2D eigenvalue weighted by Crippen LogP contribution is -2.32. The van der Waals surface area contributed by atoms with Gasteiger partial charge in [-0.05, 0) is 34.6 Å². The first-order valence-corrected chi connectivity index (χ1v) is 7.16. The molecular formula is C11H12INO2S. The van der Waals surface area contributed by atoms with Crippen LogP contribution in [0.15, 0.2) is 11.4 Å². The maximum absolute atomic E-state index is 12.0. The molecule has 0 aliphatic carbocycles. The van der Waals surface area contributed by atoms with Crippen LogP contribution in [0.2, 0.25) is 0 Å². The number of carbonyl (C=O) groups is 2. The highest BCUT2D eigenvalue weighted by atomic mass is 127. The van der Waals surface area contributed by atoms with Gasteiger partial charge in [0.25, 0.3) is 5.91 Å². The summed E-state index contributed by atoms with van der Waals surface area (Å²) in [4.78, 5) is 25.1. The first kappa shape index (κ1) is 12.0. The van der Waals surface area contributed by atoms with Crippen molar-refractivity contribution in [2.75, 3.05) is 6.54 Å². The van der Waals surface area contributed by atoms with Crippen LogP contribution in [0, 0.1) is 8.80 Å². The number of thiophene rings is 1. The van der Waals surface area contributed by atoms with E-state index in [4.69, 9.17) is 0 Å². The van der Waals surface area contributed by atoms with Crippen molar-refractivity contribution in [2.45, 2.75) is 19.8 Å². The maximum atomic E-state index is 12.0. The Labute approximate surface area is 112 Å². The van der Waals surface area contributed by atoms with Crippen molar-refractivity contribution in [3.8, 4) is 0 Å². The first-order valence-electron chi connectivity index (χ1n) is 5.20. The number of hydrogen-bond donors (Lipinski definition) is 0. The summed E-state index contributed by atoms with van der Waals surface area (Å²) < 4.78 is 1.07. The molecule has 1 fully saturated rings. The van der Waals surface area contributed by atoms with E-state index in [1.54, 1.807) is 0 Å². The zero-order chi connectivity index (χ0) is 11.7. The smallest absolute Gasteiger partial charge is 0.261 e. The summed E-state index contributed by atoms with van der Waals surface area (Å²) in [5.74, 6) is 0.173. The predicted octanol–water partition coefficient (Wildman–Crippen LogP) is 2.75. The standard InChI is InChI=1S/C11H12INO2S/c1-2-7-3-10(14)13(5-7)11(15)8-4-9(12)16-6-8/h4,6-7H,2-3,5H2,1H3. The Kier molecular flexibility index (Phi) is 3.63. The van der Waals surface area contributed by atoms with E-state index >= 15 is 0 Å². The summed E-state index contributed by atoms with van der Waals surface area (Å²) in [6.45, 7) is 2.64. The fourth-order valence-corrected chi connectivity index (χ4v) is 3.15. The van der Waals surface area contributed by atoms with Crippen LogP contribution in [0.5, 0.6) is 0 Å². The molecule has 0 radical (unpaired) electrons. The SMILES string of the molecule is CCC1CC(=O)N(C(=O)c2csc(I)c2)C1. The van der Waals surface area contributed by atoms with Gasteiger partial charge in [0.1, 0.15) is 0 Å². The monoisotopic (exact) mass is 349 g/mol. The Morgan fingerprint density at radius 1 is 1.69 bits per heavy atom. The van der Waals surface area contributed by atoms with E-state index in [9.17, 15) is 9.59 Å². The summed E-state index contributed by atoms with van der Waals surface area (Å²) in [6.07, 6.45) is 1.47. The van der Waals surface area contributed by atoms with Crippen LogP contribution in [0.25, 0.3) is 0 Å². The van der Waals surface area contributed by atoms with Gasteiger partial charge in [0, 0.05) is 18.3 Å². The third-order valence-corrected chi connectivity index (χ3v) is 4.63. The van der Waals surface area contributed by atoms with Crippen molar-refractivity contribution in [3.05, 3.63) is 19.9 Å². The van der Waals surface area contributed by atoms with Crippen LogP contribution in [-0.2, 0) is 4.79 Å². The highest BCUT2D eigenvalue weighted by molar-refractivity contribution is 14.1. The summed E-state index contributed by atoms with van der Waals surface area (Å²) >= 11 is 3.70. The van der Waals surface area contributed by atoms with E-state index in [1.807, 2.05) is 11.4 Å². The Bertz CT molecular complexity index is 429. The average molecular weight is 349 g/mol. The number of nitrogens with zero attached hydrogens (tertiary/aromatic N) is 1. The van der Waals surface area contributed by atoms with Gasteiger partial charge in [0.15, 0.2) is 0 Å². The van der Waals surface area contributed by atoms with Crippen LogP contribution in [0.4, 0.5) is 0 Å². The molecule has 16 heavy (non-hydrogen) atoms. The number of likely N-dealkylation sites (tertiary alicyclic amines) is 1. The van der Waals surface area contributed by atoms with Crippen molar-refractivity contribution < 1.29 is 9.59 Å². The van der Waals surface area contributed by atoms with Crippen LogP contribution in [-0.4, -0.2) is 23.3 Å². The van der Waals surface area contributed by atoms with Gasteiger partial charge >= 0.3 is 0 Å². The molecule has 2 amide bonds. The third-order valence-electron chi connectivity index (χ3n) is 2.84. The summed E-state index contributed by atoms with van der Waals surface area (Å²) in [6, 6.07) is 1.83. The molecule has 3 nitrogen and oxygen atoms in total. The zero-order valence-corrected chi connectivity index (χ0v) is 11.9. The van der Waals surface area contributed by atoms with E-state index in [0.717, 1.165) is 9.30 Å². The molecule has 1 unspecified atom stereocenters. The lowest BCUT2D eigenvalue weighted by molar-refractivity contribution is -0.125. The molecule has 0 aromatic carbocycles. The number of amides is 2. The molecule has 0 N–H and O–H groups in total. The largest absolute Gasteiger partial charge is 0.278 e. The number of imide groups is 1. The Morgan fingerprint density at radius 2 is 2.44 bits per heavy atom. The van der Waals surface area contributed by atoms with Gasteiger partial charge in [-0.3, -0.25) is 14.5 Å². The van der Waals surface area contributed by atoms with E-state index in [-0.39, 0.29) is 11.8 Å². The second kappa shape index (κ2) is 4.83. The summed E-state index contributed by atoms with van der Waals surface area (Å²) in [5, 5.41) is 1.82. The van der Waals surface area contributed by atoms with E-state index in [2.05, 4.69) is 29.5 Å². The fourth-order valence-electron chi connectivity index (χ4n) is 1.83. The van der Waals surface area contributed by atoms with Gasteiger partial charge in [0.05, 0.1) is 8.45 Å². The Hall–Kier alpha value is -0.430. The van der Waals surface area contributed by atoms with Crippen molar-refractivity contribution in [1.29, 1.82) is 0 Å². The molecule has 0 bridgehead atoms. The van der Waals surface area contributed by atoms with Crippen LogP contribution in [0.3, 0.4) is 0 Å². The average Bonchev–Trinajstić information content (AvgIpc) is 2.83. The highest BCUT2D eigenvalue weighted by Crippen LogP contribution is 2.24. The zero-order valence-electron chi connectivity index (χ0n) is 8.90. The fraction of sp³-hybridized carbons (Fsp3) is 0.455. The molecule has 86 valence electrons. The molecule has 0 saturated carbocycles. The third kappa shape index (κ3) is 2.29. The Morgan fingerprint density at radius 3 is 2.94 bits per heavy atom. The summed E-state index contributed by atoms with van der Waals surface area (Å²) in [5.41, 5.74) is 0.638. The number of hydrogen-bond acceptors (Lipinski definition) is 3. The molecule has 0 spiro atoms. The van der Waals surface area contributed by atoms with Crippen molar-refractivity contribution in [3.63, 3.8) is 0 Å². The predicted molar refractivity (Wildman–Crippen MR) is 71.5 cm³/mol. The molecule has 1 aromatic heterocycles. The lowest BCUT2D eigenvalue weighted by atomic mass is 10.1. The highest BCUT2D eigenvalue weighted by Gasteiger charge is 2.33. The lowest BCUT2D eigenvalue weighted by Gasteiger charge is -2.13. The van der Waals surface area contributed by atoms with Gasteiger partial charge < -0.3 is 0 Å². The second-order valence-electron chi connectivity index (χ2n) is 3.93. The minimum atomic E-state index is -0.139. The molecule has 2 heterocycles. The molecule has 1 aliphatic rings.